The highest BCUT2D eigenvalue weighted by atomic mass is 32.2. The van der Waals surface area contributed by atoms with Crippen LogP contribution in [0.3, 0.4) is 0 Å². The van der Waals surface area contributed by atoms with Gasteiger partial charge in [0.05, 0.1) is 0 Å². The van der Waals surface area contributed by atoms with Crippen LogP contribution in [0.15, 0.2) is 0 Å². The summed E-state index contributed by atoms with van der Waals surface area (Å²) >= 11 is 1.14. The number of amides is 2. The average molecular weight is 290 g/mol. The van der Waals surface area contributed by atoms with E-state index >= 15 is 0 Å². The van der Waals surface area contributed by atoms with E-state index in [-0.39, 0.29) is 18.0 Å². The molecular weight excluding hydrogens is 268 g/mol. The highest BCUT2D eigenvalue weighted by molar-refractivity contribution is 8.13. The summed E-state index contributed by atoms with van der Waals surface area (Å²) in [6, 6.07) is -0.626. The normalized spacial score (nSPS) is 12.6. The van der Waals surface area contributed by atoms with E-state index < -0.39 is 23.6 Å². The third-order valence-electron chi connectivity index (χ3n) is 1.89. The van der Waals surface area contributed by atoms with E-state index in [9.17, 15) is 14.4 Å². The number of nitrogens with one attached hydrogen (secondary N) is 1. The number of hydrogen-bond acceptors (Lipinski definition) is 5. The van der Waals surface area contributed by atoms with Gasteiger partial charge in [-0.1, -0.05) is 18.7 Å². The molecule has 0 aliphatic heterocycles. The topological polar surface area (TPSA) is 98.5 Å². The van der Waals surface area contributed by atoms with E-state index in [0.717, 1.165) is 11.8 Å². The van der Waals surface area contributed by atoms with Gasteiger partial charge in [-0.25, -0.2) is 4.79 Å². The van der Waals surface area contributed by atoms with Crippen LogP contribution in [0, 0.1) is 0 Å². The van der Waals surface area contributed by atoms with Gasteiger partial charge in [0, 0.05) is 18.9 Å². The summed E-state index contributed by atoms with van der Waals surface area (Å²) in [5.41, 5.74) is 4.46. The third kappa shape index (κ3) is 10.4. The number of carbonyl (C=O) groups is 3. The summed E-state index contributed by atoms with van der Waals surface area (Å²) < 4.78 is 5.07. The zero-order valence-corrected chi connectivity index (χ0v) is 12.6. The molecule has 0 rings (SSSR count). The first-order valence-corrected chi connectivity index (χ1v) is 7.06. The second-order valence-corrected chi connectivity index (χ2v) is 6.34. The molecule has 110 valence electrons. The molecule has 2 amide bonds. The standard InChI is InChI=1S/C12H22N2O4S/c1-5-19-10(16)7-8(6-9(13)15)14-11(17)18-12(2,3)4/h8H,5-7H2,1-4H3,(H2,13,15)(H,14,17)/t8-/m1/s1. The highest BCUT2D eigenvalue weighted by Gasteiger charge is 2.22. The number of ether oxygens (including phenoxy) is 1. The predicted molar refractivity (Wildman–Crippen MR) is 74.7 cm³/mol. The van der Waals surface area contributed by atoms with Crippen molar-refractivity contribution in [2.45, 2.75) is 52.2 Å². The molecule has 0 spiro atoms. The molecule has 7 heteroatoms. The van der Waals surface area contributed by atoms with Gasteiger partial charge >= 0.3 is 6.09 Å². The van der Waals surface area contributed by atoms with Gasteiger partial charge in [-0.3, -0.25) is 9.59 Å². The Morgan fingerprint density at radius 1 is 1.26 bits per heavy atom. The fourth-order valence-corrected chi connectivity index (χ4v) is 1.95. The number of primary amides is 1. The van der Waals surface area contributed by atoms with Crippen LogP contribution in [0.25, 0.3) is 0 Å². The maximum absolute atomic E-state index is 11.6. The molecule has 6 nitrogen and oxygen atoms in total. The number of alkyl carbamates (subject to hydrolysis) is 1. The van der Waals surface area contributed by atoms with Crippen LogP contribution in [0.2, 0.25) is 0 Å². The maximum atomic E-state index is 11.6. The van der Waals surface area contributed by atoms with E-state index in [1.807, 2.05) is 6.92 Å². The van der Waals surface area contributed by atoms with E-state index in [4.69, 9.17) is 10.5 Å². The van der Waals surface area contributed by atoms with Gasteiger partial charge in [-0.15, -0.1) is 0 Å². The monoisotopic (exact) mass is 290 g/mol. The number of thioether (sulfide) groups is 1. The first kappa shape index (κ1) is 17.8. The van der Waals surface area contributed by atoms with Crippen LogP contribution in [0.1, 0.15) is 40.5 Å². The summed E-state index contributed by atoms with van der Waals surface area (Å²) in [6.07, 6.45) is -0.691. The second-order valence-electron chi connectivity index (χ2n) is 5.02. The lowest BCUT2D eigenvalue weighted by atomic mass is 10.1. The lowest BCUT2D eigenvalue weighted by molar-refractivity contribution is -0.118. The Morgan fingerprint density at radius 2 is 1.84 bits per heavy atom. The Morgan fingerprint density at radius 3 is 2.26 bits per heavy atom. The first-order valence-electron chi connectivity index (χ1n) is 6.07. The van der Waals surface area contributed by atoms with Crippen LogP contribution in [0.5, 0.6) is 0 Å². The summed E-state index contributed by atoms with van der Waals surface area (Å²) in [6.45, 7) is 7.04. The maximum Gasteiger partial charge on any atom is 0.407 e. The van der Waals surface area contributed by atoms with Gasteiger partial charge in [0.1, 0.15) is 5.60 Å². The second kappa shape index (κ2) is 8.04. The number of rotatable bonds is 6. The molecule has 0 bridgehead atoms. The van der Waals surface area contributed by atoms with Crippen molar-refractivity contribution in [1.29, 1.82) is 0 Å². The Bertz CT molecular complexity index is 339. The van der Waals surface area contributed by atoms with Crippen molar-refractivity contribution in [2.24, 2.45) is 5.73 Å². The molecule has 19 heavy (non-hydrogen) atoms. The fourth-order valence-electron chi connectivity index (χ4n) is 1.31. The van der Waals surface area contributed by atoms with Crippen molar-refractivity contribution >= 4 is 28.9 Å². The molecule has 0 fully saturated rings. The Hall–Kier alpha value is -1.24. The van der Waals surface area contributed by atoms with Gasteiger partial charge in [-0.05, 0) is 26.5 Å². The van der Waals surface area contributed by atoms with E-state index in [2.05, 4.69) is 5.32 Å². The van der Waals surface area contributed by atoms with Crippen molar-refractivity contribution in [3.8, 4) is 0 Å². The molecule has 3 N–H and O–H groups in total. The molecule has 0 unspecified atom stereocenters. The molecule has 0 aromatic heterocycles. The van der Waals surface area contributed by atoms with Gasteiger partial charge in [-0.2, -0.15) is 0 Å². The minimum Gasteiger partial charge on any atom is -0.444 e. The third-order valence-corrected chi connectivity index (χ3v) is 2.66. The van der Waals surface area contributed by atoms with Gasteiger partial charge in [0.15, 0.2) is 5.12 Å². The Labute approximate surface area is 117 Å². The van der Waals surface area contributed by atoms with Crippen molar-refractivity contribution in [3.63, 3.8) is 0 Å². The molecule has 0 heterocycles. The summed E-state index contributed by atoms with van der Waals surface area (Å²) in [4.78, 5) is 34.0. The van der Waals surface area contributed by atoms with Crippen LogP contribution in [-0.2, 0) is 14.3 Å². The average Bonchev–Trinajstić information content (AvgIpc) is 2.12. The zero-order valence-electron chi connectivity index (χ0n) is 11.8. The predicted octanol–water partition coefficient (Wildman–Crippen LogP) is 1.42. The summed E-state index contributed by atoms with van der Waals surface area (Å²) in [5.74, 6) is 0.0736. The van der Waals surface area contributed by atoms with Crippen molar-refractivity contribution in [1.82, 2.24) is 5.32 Å². The molecule has 0 saturated heterocycles. The van der Waals surface area contributed by atoms with Crippen LogP contribution >= 0.6 is 11.8 Å². The first-order chi connectivity index (χ1) is 8.64. The van der Waals surface area contributed by atoms with Crippen LogP contribution in [-0.4, -0.2) is 34.5 Å². The molecule has 0 aromatic carbocycles. The molecule has 0 aliphatic carbocycles. The number of carbonyl (C=O) groups excluding carboxylic acids is 3. The zero-order chi connectivity index (χ0) is 15.1. The van der Waals surface area contributed by atoms with E-state index in [1.54, 1.807) is 20.8 Å². The van der Waals surface area contributed by atoms with Crippen molar-refractivity contribution in [3.05, 3.63) is 0 Å². The Kier molecular flexibility index (Phi) is 7.51. The SMILES string of the molecule is CCSC(=O)C[C@@H](CC(N)=O)NC(=O)OC(C)(C)C. The van der Waals surface area contributed by atoms with Gasteiger partial charge in [0.2, 0.25) is 5.91 Å². The fraction of sp³-hybridized carbons (Fsp3) is 0.750. The van der Waals surface area contributed by atoms with Crippen molar-refractivity contribution < 1.29 is 19.1 Å². The molecule has 0 aliphatic rings. The summed E-state index contributed by atoms with van der Waals surface area (Å²) in [5, 5.41) is 2.41. The summed E-state index contributed by atoms with van der Waals surface area (Å²) in [7, 11) is 0. The van der Waals surface area contributed by atoms with Gasteiger partial charge in [0.25, 0.3) is 0 Å². The molecular formula is C12H22N2O4S. The number of nitrogens with two attached hydrogens (primary N) is 1. The quantitative estimate of drug-likeness (QED) is 0.771. The van der Waals surface area contributed by atoms with Crippen LogP contribution in [0.4, 0.5) is 4.79 Å². The molecule has 0 radical (unpaired) electrons. The minimum atomic E-state index is -0.659. The number of hydrogen-bond donors (Lipinski definition) is 2. The minimum absolute atomic E-state index is 0.0562. The van der Waals surface area contributed by atoms with Crippen molar-refractivity contribution in [2.75, 3.05) is 5.75 Å². The largest absolute Gasteiger partial charge is 0.444 e. The lowest BCUT2D eigenvalue weighted by Crippen LogP contribution is -2.42. The lowest BCUT2D eigenvalue weighted by Gasteiger charge is -2.22. The highest BCUT2D eigenvalue weighted by Crippen LogP contribution is 2.11. The Balaban J connectivity index is 4.46. The van der Waals surface area contributed by atoms with Gasteiger partial charge < -0.3 is 15.8 Å². The van der Waals surface area contributed by atoms with Crippen LogP contribution < -0.4 is 11.1 Å². The van der Waals surface area contributed by atoms with E-state index in [1.165, 1.54) is 0 Å². The smallest absolute Gasteiger partial charge is 0.407 e. The van der Waals surface area contributed by atoms with E-state index in [0.29, 0.717) is 5.75 Å². The molecule has 0 aromatic rings. The molecule has 1 atom stereocenters. The molecule has 0 saturated carbocycles.